The molecular weight excluding hydrogens is 176 g/mol. The lowest BCUT2D eigenvalue weighted by Crippen LogP contribution is -1.97. The van der Waals surface area contributed by atoms with Crippen molar-refractivity contribution in [2.75, 3.05) is 7.11 Å². The van der Waals surface area contributed by atoms with Crippen molar-refractivity contribution in [3.63, 3.8) is 0 Å². The van der Waals surface area contributed by atoms with Crippen LogP contribution in [0.1, 0.15) is 29.8 Å². The molecule has 76 valence electrons. The Morgan fingerprint density at radius 1 is 1.43 bits per heavy atom. The van der Waals surface area contributed by atoms with E-state index < -0.39 is 0 Å². The number of hydrogen-bond donors (Lipinski definition) is 0. The number of carbonyl (C=O) groups excluding carboxylic acids is 1. The average molecular weight is 192 g/mol. The topological polar surface area (TPSA) is 26.3 Å². The van der Waals surface area contributed by atoms with Gasteiger partial charge in [0.05, 0.1) is 12.7 Å². The molecule has 2 heteroatoms. The normalized spacial score (nSPS) is 10.3. The molecule has 0 heterocycles. The molecule has 1 aromatic rings. The largest absolute Gasteiger partial charge is 0.496 e. The van der Waals surface area contributed by atoms with Crippen LogP contribution in [0.2, 0.25) is 0 Å². The van der Waals surface area contributed by atoms with E-state index in [9.17, 15) is 4.79 Å². The van der Waals surface area contributed by atoms with Gasteiger partial charge in [0.1, 0.15) is 5.75 Å². The Morgan fingerprint density at radius 2 is 2.14 bits per heavy atom. The summed E-state index contributed by atoms with van der Waals surface area (Å²) < 4.78 is 5.13. The zero-order chi connectivity index (χ0) is 10.6. The third-order valence-electron chi connectivity index (χ3n) is 2.07. The molecule has 0 atom stereocenters. The second-order valence-electron chi connectivity index (χ2n) is 3.79. The van der Waals surface area contributed by atoms with Crippen molar-refractivity contribution < 1.29 is 9.53 Å². The number of aldehydes is 1. The molecular formula is C12H16O2. The van der Waals surface area contributed by atoms with Crippen LogP contribution in [0.4, 0.5) is 0 Å². The summed E-state index contributed by atoms with van der Waals surface area (Å²) in [6, 6.07) is 5.72. The minimum Gasteiger partial charge on any atom is -0.496 e. The molecule has 0 aromatic heterocycles. The van der Waals surface area contributed by atoms with Gasteiger partial charge < -0.3 is 4.74 Å². The Kier molecular flexibility index (Phi) is 3.69. The van der Waals surface area contributed by atoms with E-state index in [0.29, 0.717) is 17.2 Å². The van der Waals surface area contributed by atoms with Crippen LogP contribution >= 0.6 is 0 Å². The van der Waals surface area contributed by atoms with Crippen molar-refractivity contribution in [2.24, 2.45) is 5.92 Å². The van der Waals surface area contributed by atoms with Crippen molar-refractivity contribution in [3.05, 3.63) is 29.3 Å². The van der Waals surface area contributed by atoms with Gasteiger partial charge in [0, 0.05) is 0 Å². The Morgan fingerprint density at radius 3 is 2.64 bits per heavy atom. The number of benzene rings is 1. The molecule has 0 N–H and O–H groups in total. The van der Waals surface area contributed by atoms with E-state index in [1.807, 2.05) is 18.2 Å². The molecule has 0 saturated carbocycles. The van der Waals surface area contributed by atoms with E-state index in [1.165, 1.54) is 5.56 Å². The van der Waals surface area contributed by atoms with Gasteiger partial charge in [0.2, 0.25) is 0 Å². The first-order valence-electron chi connectivity index (χ1n) is 4.79. The van der Waals surface area contributed by atoms with Crippen LogP contribution in [-0.2, 0) is 6.42 Å². The van der Waals surface area contributed by atoms with Crippen molar-refractivity contribution >= 4 is 6.29 Å². The van der Waals surface area contributed by atoms with Gasteiger partial charge in [0.25, 0.3) is 0 Å². The second kappa shape index (κ2) is 4.80. The molecule has 0 fully saturated rings. The maximum atomic E-state index is 10.6. The van der Waals surface area contributed by atoms with Crippen molar-refractivity contribution in [1.29, 1.82) is 0 Å². The van der Waals surface area contributed by atoms with E-state index in [-0.39, 0.29) is 0 Å². The van der Waals surface area contributed by atoms with E-state index >= 15 is 0 Å². The number of ether oxygens (including phenoxy) is 1. The molecule has 1 rings (SSSR count). The van der Waals surface area contributed by atoms with Gasteiger partial charge in [0.15, 0.2) is 6.29 Å². The van der Waals surface area contributed by atoms with Crippen LogP contribution in [0.15, 0.2) is 18.2 Å². The quantitative estimate of drug-likeness (QED) is 0.685. The van der Waals surface area contributed by atoms with Gasteiger partial charge in [-0.3, -0.25) is 4.79 Å². The fourth-order valence-electron chi connectivity index (χ4n) is 1.45. The predicted octanol–water partition coefficient (Wildman–Crippen LogP) is 2.71. The number of methoxy groups -OCH3 is 1. The highest BCUT2D eigenvalue weighted by molar-refractivity contribution is 5.79. The number of rotatable bonds is 4. The van der Waals surface area contributed by atoms with Crippen LogP contribution in [0, 0.1) is 5.92 Å². The number of hydrogen-bond acceptors (Lipinski definition) is 2. The maximum Gasteiger partial charge on any atom is 0.153 e. The lowest BCUT2D eigenvalue weighted by atomic mass is 10.0. The summed E-state index contributed by atoms with van der Waals surface area (Å²) in [5.74, 6) is 1.28. The average Bonchev–Trinajstić information content (AvgIpc) is 2.16. The standard InChI is InChI=1S/C12H16O2/c1-9(2)6-10-4-5-11(8-13)12(7-10)14-3/h4-5,7-9H,6H2,1-3H3. The van der Waals surface area contributed by atoms with Crippen LogP contribution in [0.25, 0.3) is 0 Å². The summed E-state index contributed by atoms with van der Waals surface area (Å²) in [4.78, 5) is 10.6. The van der Waals surface area contributed by atoms with E-state index in [0.717, 1.165) is 12.7 Å². The third-order valence-corrected chi connectivity index (χ3v) is 2.07. The Balaban J connectivity index is 2.95. The summed E-state index contributed by atoms with van der Waals surface area (Å²) >= 11 is 0. The molecule has 0 radical (unpaired) electrons. The third kappa shape index (κ3) is 2.59. The van der Waals surface area contributed by atoms with Gasteiger partial charge in [-0.1, -0.05) is 19.9 Å². The SMILES string of the molecule is COc1cc(CC(C)C)ccc1C=O. The molecule has 0 bridgehead atoms. The first-order valence-corrected chi connectivity index (χ1v) is 4.79. The van der Waals surface area contributed by atoms with Crippen molar-refractivity contribution in [1.82, 2.24) is 0 Å². The van der Waals surface area contributed by atoms with Crippen LogP contribution in [-0.4, -0.2) is 13.4 Å². The summed E-state index contributed by atoms with van der Waals surface area (Å²) in [7, 11) is 1.58. The maximum absolute atomic E-state index is 10.6. The number of carbonyl (C=O) groups is 1. The smallest absolute Gasteiger partial charge is 0.153 e. The van der Waals surface area contributed by atoms with E-state index in [1.54, 1.807) is 7.11 Å². The van der Waals surface area contributed by atoms with Crippen LogP contribution < -0.4 is 4.74 Å². The van der Waals surface area contributed by atoms with Gasteiger partial charge in [-0.05, 0) is 30.0 Å². The van der Waals surface area contributed by atoms with Gasteiger partial charge in [-0.25, -0.2) is 0 Å². The molecule has 14 heavy (non-hydrogen) atoms. The molecule has 2 nitrogen and oxygen atoms in total. The molecule has 0 saturated heterocycles. The highest BCUT2D eigenvalue weighted by atomic mass is 16.5. The van der Waals surface area contributed by atoms with Crippen LogP contribution in [0.5, 0.6) is 5.75 Å². The summed E-state index contributed by atoms with van der Waals surface area (Å²) in [6.07, 6.45) is 1.83. The fraction of sp³-hybridized carbons (Fsp3) is 0.417. The van der Waals surface area contributed by atoms with E-state index in [2.05, 4.69) is 13.8 Å². The minimum absolute atomic E-state index is 0.611. The van der Waals surface area contributed by atoms with Crippen molar-refractivity contribution in [3.8, 4) is 5.75 Å². The molecule has 0 amide bonds. The van der Waals surface area contributed by atoms with Gasteiger partial charge in [-0.15, -0.1) is 0 Å². The molecule has 1 aromatic carbocycles. The zero-order valence-electron chi connectivity index (χ0n) is 8.91. The lowest BCUT2D eigenvalue weighted by molar-refractivity contribution is 0.112. The Hall–Kier alpha value is -1.31. The molecule has 0 spiro atoms. The highest BCUT2D eigenvalue weighted by Gasteiger charge is 2.04. The summed E-state index contributed by atoms with van der Waals surface area (Å²) in [5.41, 5.74) is 1.82. The Labute approximate surface area is 84.9 Å². The predicted molar refractivity (Wildman–Crippen MR) is 56.9 cm³/mol. The Bertz CT molecular complexity index is 316. The summed E-state index contributed by atoms with van der Waals surface area (Å²) in [6.45, 7) is 4.33. The zero-order valence-corrected chi connectivity index (χ0v) is 8.91. The molecule has 0 aliphatic carbocycles. The van der Waals surface area contributed by atoms with Crippen LogP contribution in [0.3, 0.4) is 0 Å². The molecule has 0 aliphatic heterocycles. The van der Waals surface area contributed by atoms with Crippen molar-refractivity contribution in [2.45, 2.75) is 20.3 Å². The summed E-state index contributed by atoms with van der Waals surface area (Å²) in [5, 5.41) is 0. The van der Waals surface area contributed by atoms with Gasteiger partial charge in [-0.2, -0.15) is 0 Å². The lowest BCUT2D eigenvalue weighted by Gasteiger charge is -2.08. The molecule has 0 unspecified atom stereocenters. The highest BCUT2D eigenvalue weighted by Crippen LogP contribution is 2.20. The first-order chi connectivity index (χ1) is 6.67. The first kappa shape index (κ1) is 10.8. The minimum atomic E-state index is 0.611. The van der Waals surface area contributed by atoms with Gasteiger partial charge >= 0.3 is 0 Å². The fourth-order valence-corrected chi connectivity index (χ4v) is 1.45. The second-order valence-corrected chi connectivity index (χ2v) is 3.79. The monoisotopic (exact) mass is 192 g/mol. The van der Waals surface area contributed by atoms with E-state index in [4.69, 9.17) is 4.74 Å². The molecule has 0 aliphatic rings.